The second-order valence-electron chi connectivity index (χ2n) is 8.15. The van der Waals surface area contributed by atoms with Gasteiger partial charge in [0, 0.05) is 11.8 Å². The Morgan fingerprint density at radius 1 is 0.655 bits per heavy atom. The molecule has 0 radical (unpaired) electrons. The second kappa shape index (κ2) is 5.86. The molecule has 29 heavy (non-hydrogen) atoms. The van der Waals surface area contributed by atoms with Crippen molar-refractivity contribution < 1.29 is 14.0 Å². The largest absolute Gasteiger partial charge is 0.278 e. The van der Waals surface area contributed by atoms with E-state index in [9.17, 15) is 14.0 Å². The van der Waals surface area contributed by atoms with Crippen molar-refractivity contribution in [2.24, 2.45) is 11.8 Å². The van der Waals surface area contributed by atoms with Crippen LogP contribution in [0.25, 0.3) is 0 Å². The van der Waals surface area contributed by atoms with Gasteiger partial charge in [0.2, 0.25) is 11.8 Å². The minimum atomic E-state index is -0.363. The highest BCUT2D eigenvalue weighted by Crippen LogP contribution is 2.61. The van der Waals surface area contributed by atoms with Crippen molar-refractivity contribution in [1.82, 2.24) is 4.90 Å². The maximum absolute atomic E-state index is 13.5. The molecule has 2 amide bonds. The zero-order chi connectivity index (χ0) is 19.7. The molecule has 1 heterocycles. The summed E-state index contributed by atoms with van der Waals surface area (Å²) in [6.45, 7) is 0.192. The molecule has 7 rings (SSSR count). The van der Waals surface area contributed by atoms with Crippen molar-refractivity contribution in [2.45, 2.75) is 18.4 Å². The highest BCUT2D eigenvalue weighted by atomic mass is 19.1. The summed E-state index contributed by atoms with van der Waals surface area (Å²) < 4.78 is 13.3. The molecule has 3 aromatic carbocycles. The van der Waals surface area contributed by atoms with Gasteiger partial charge in [0.05, 0.1) is 18.4 Å². The molecule has 2 atom stereocenters. The average molecular weight is 383 g/mol. The van der Waals surface area contributed by atoms with Crippen molar-refractivity contribution in [1.29, 1.82) is 0 Å². The van der Waals surface area contributed by atoms with Gasteiger partial charge in [0.25, 0.3) is 0 Å². The van der Waals surface area contributed by atoms with Crippen LogP contribution in [0.1, 0.15) is 39.7 Å². The van der Waals surface area contributed by atoms with Gasteiger partial charge in [-0.15, -0.1) is 0 Å². The summed E-state index contributed by atoms with van der Waals surface area (Å²) in [5, 5.41) is 0. The van der Waals surface area contributed by atoms with Crippen molar-refractivity contribution >= 4 is 11.8 Å². The number of benzene rings is 3. The Bertz CT molecular complexity index is 1050. The fraction of sp³-hybridized carbons (Fsp3) is 0.200. The van der Waals surface area contributed by atoms with Crippen LogP contribution in [0.5, 0.6) is 0 Å². The van der Waals surface area contributed by atoms with E-state index >= 15 is 0 Å². The van der Waals surface area contributed by atoms with E-state index in [0.717, 1.165) is 5.56 Å². The van der Waals surface area contributed by atoms with E-state index in [1.807, 2.05) is 24.3 Å². The van der Waals surface area contributed by atoms with Crippen LogP contribution in [-0.4, -0.2) is 16.7 Å². The van der Waals surface area contributed by atoms with E-state index in [2.05, 4.69) is 24.3 Å². The van der Waals surface area contributed by atoms with Crippen LogP contribution in [0.2, 0.25) is 0 Å². The molecule has 3 aliphatic carbocycles. The topological polar surface area (TPSA) is 37.4 Å². The van der Waals surface area contributed by atoms with Crippen molar-refractivity contribution in [2.75, 3.05) is 0 Å². The molecule has 4 aliphatic rings. The van der Waals surface area contributed by atoms with Gasteiger partial charge in [-0.05, 0) is 39.9 Å². The SMILES string of the molecule is O=C1[C@H]2C3c4ccccc4C(c4ccccc43)[C@@H]2C(=O)N1Cc1ccc(F)cc1. The van der Waals surface area contributed by atoms with Gasteiger partial charge < -0.3 is 0 Å². The molecule has 1 fully saturated rings. The monoisotopic (exact) mass is 383 g/mol. The Labute approximate surface area is 167 Å². The summed E-state index contributed by atoms with van der Waals surface area (Å²) >= 11 is 0. The number of likely N-dealkylation sites (tertiary alicyclic amines) is 1. The van der Waals surface area contributed by atoms with E-state index < -0.39 is 0 Å². The second-order valence-corrected chi connectivity index (χ2v) is 8.15. The van der Waals surface area contributed by atoms with Crippen molar-refractivity contribution in [3.8, 4) is 0 Å². The first-order chi connectivity index (χ1) is 14.1. The molecule has 142 valence electrons. The highest BCUT2D eigenvalue weighted by molar-refractivity contribution is 6.07. The Hall–Kier alpha value is -3.27. The van der Waals surface area contributed by atoms with Crippen LogP contribution in [0, 0.1) is 17.7 Å². The molecule has 2 bridgehead atoms. The number of rotatable bonds is 2. The zero-order valence-electron chi connectivity index (χ0n) is 15.6. The van der Waals surface area contributed by atoms with Gasteiger partial charge >= 0.3 is 0 Å². The van der Waals surface area contributed by atoms with Crippen LogP contribution < -0.4 is 0 Å². The predicted octanol–water partition coefficient (Wildman–Crippen LogP) is 4.22. The maximum atomic E-state index is 13.5. The van der Waals surface area contributed by atoms with E-state index in [1.54, 1.807) is 12.1 Å². The molecule has 4 heteroatoms. The van der Waals surface area contributed by atoms with Gasteiger partial charge in [-0.1, -0.05) is 60.7 Å². The van der Waals surface area contributed by atoms with Crippen LogP contribution in [0.4, 0.5) is 4.39 Å². The lowest BCUT2D eigenvalue weighted by Gasteiger charge is -2.45. The molecular formula is C25H18FNO2. The third-order valence-corrected chi connectivity index (χ3v) is 6.79. The van der Waals surface area contributed by atoms with Crippen LogP contribution >= 0.6 is 0 Å². The number of halogens is 1. The minimum Gasteiger partial charge on any atom is -0.278 e. The minimum absolute atomic E-state index is 0.0907. The van der Waals surface area contributed by atoms with Crippen molar-refractivity contribution in [3.05, 3.63) is 106 Å². The first-order valence-electron chi connectivity index (χ1n) is 9.92. The molecule has 0 unspecified atom stereocenters. The lowest BCUT2D eigenvalue weighted by molar-refractivity contribution is -0.140. The third-order valence-electron chi connectivity index (χ3n) is 6.79. The smallest absolute Gasteiger partial charge is 0.234 e. The number of hydrogen-bond acceptors (Lipinski definition) is 2. The fourth-order valence-electron chi connectivity index (χ4n) is 5.67. The first kappa shape index (κ1) is 16.7. The van der Waals surface area contributed by atoms with E-state index in [-0.39, 0.29) is 47.8 Å². The predicted molar refractivity (Wildman–Crippen MR) is 106 cm³/mol. The Morgan fingerprint density at radius 2 is 1.07 bits per heavy atom. The van der Waals surface area contributed by atoms with Gasteiger partial charge in [-0.3, -0.25) is 14.5 Å². The summed E-state index contributed by atoms with van der Waals surface area (Å²) in [5.41, 5.74) is 5.43. The van der Waals surface area contributed by atoms with Gasteiger partial charge in [0.1, 0.15) is 5.82 Å². The fourth-order valence-corrected chi connectivity index (χ4v) is 5.67. The highest BCUT2D eigenvalue weighted by Gasteiger charge is 2.61. The summed E-state index contributed by atoms with van der Waals surface area (Å²) in [6.07, 6.45) is 0. The maximum Gasteiger partial charge on any atom is 0.234 e. The summed E-state index contributed by atoms with van der Waals surface area (Å²) in [4.78, 5) is 28.3. The Balaban J connectivity index is 1.47. The zero-order valence-corrected chi connectivity index (χ0v) is 15.6. The molecular weight excluding hydrogens is 365 g/mol. The lowest BCUT2D eigenvalue weighted by atomic mass is 9.55. The molecule has 1 saturated heterocycles. The van der Waals surface area contributed by atoms with Crippen LogP contribution in [0.15, 0.2) is 72.8 Å². The molecule has 0 spiro atoms. The van der Waals surface area contributed by atoms with E-state index in [1.165, 1.54) is 39.3 Å². The number of nitrogens with zero attached hydrogens (tertiary/aromatic N) is 1. The van der Waals surface area contributed by atoms with Gasteiger partial charge in [0.15, 0.2) is 0 Å². The number of amides is 2. The number of carbonyl (C=O) groups is 2. The molecule has 3 nitrogen and oxygen atoms in total. The van der Waals surface area contributed by atoms with Gasteiger partial charge in [-0.25, -0.2) is 4.39 Å². The number of imide groups is 1. The third kappa shape index (κ3) is 2.17. The molecule has 1 aliphatic heterocycles. The number of hydrogen-bond donors (Lipinski definition) is 0. The lowest BCUT2D eigenvalue weighted by Crippen LogP contribution is -2.41. The Kier molecular flexibility index (Phi) is 3.37. The molecule has 0 saturated carbocycles. The van der Waals surface area contributed by atoms with Gasteiger partial charge in [-0.2, -0.15) is 0 Å². The standard InChI is InChI=1S/C25H18FNO2/c26-15-11-9-14(10-12-15)13-27-24(28)22-20-16-5-1-2-6-17(16)21(23(22)25(27)29)19-8-4-3-7-18(19)20/h1-12,20-23H,13H2/t20?,21?,22-,23-/m0/s1. The quantitative estimate of drug-likeness (QED) is 0.622. The Morgan fingerprint density at radius 3 is 1.48 bits per heavy atom. The summed E-state index contributed by atoms with van der Waals surface area (Å²) in [6, 6.07) is 22.4. The van der Waals surface area contributed by atoms with Crippen molar-refractivity contribution in [3.63, 3.8) is 0 Å². The normalized spacial score (nSPS) is 26.3. The number of carbonyl (C=O) groups excluding carboxylic acids is 2. The van der Waals surface area contributed by atoms with E-state index in [0.29, 0.717) is 0 Å². The van der Waals surface area contributed by atoms with Crippen LogP contribution in [0.3, 0.4) is 0 Å². The molecule has 0 aromatic heterocycles. The first-order valence-corrected chi connectivity index (χ1v) is 9.92. The summed E-state index contributed by atoms with van der Waals surface area (Å²) in [5.74, 6) is -1.45. The average Bonchev–Trinajstić information content (AvgIpc) is 3.01. The van der Waals surface area contributed by atoms with Crippen LogP contribution in [-0.2, 0) is 16.1 Å². The summed E-state index contributed by atoms with van der Waals surface area (Å²) in [7, 11) is 0. The van der Waals surface area contributed by atoms with E-state index in [4.69, 9.17) is 0 Å². The molecule has 3 aromatic rings. The molecule has 0 N–H and O–H groups in total.